The predicted octanol–water partition coefficient (Wildman–Crippen LogP) is 5.09. The van der Waals surface area contributed by atoms with Crippen molar-refractivity contribution >= 4 is 5.82 Å². The Morgan fingerprint density at radius 1 is 1.07 bits per heavy atom. The lowest BCUT2D eigenvalue weighted by atomic mass is 10.0. The number of rotatable bonds is 7. The molecule has 5 nitrogen and oxygen atoms in total. The van der Waals surface area contributed by atoms with Crippen molar-refractivity contribution in [2.75, 3.05) is 19.5 Å². The van der Waals surface area contributed by atoms with Gasteiger partial charge in [0.2, 0.25) is 0 Å². The Morgan fingerprint density at radius 3 is 2.26 bits per heavy atom. The molecule has 0 saturated heterocycles. The number of halogens is 3. The molecule has 8 heteroatoms. The minimum atomic E-state index is -4.56. The van der Waals surface area contributed by atoms with Gasteiger partial charge >= 0.3 is 6.18 Å². The van der Waals surface area contributed by atoms with Crippen molar-refractivity contribution in [1.29, 1.82) is 0 Å². The first-order valence-corrected chi connectivity index (χ1v) is 8.69. The second-order valence-electron chi connectivity index (χ2n) is 6.08. The van der Waals surface area contributed by atoms with Gasteiger partial charge in [-0.2, -0.15) is 13.2 Å². The third kappa shape index (κ3) is 4.61. The summed E-state index contributed by atoms with van der Waals surface area (Å²) >= 11 is 0. The summed E-state index contributed by atoms with van der Waals surface area (Å²) in [5.41, 5.74) is -0.403. The summed E-state index contributed by atoms with van der Waals surface area (Å²) in [6, 6.07) is 3.94. The van der Waals surface area contributed by atoms with Crippen LogP contribution in [-0.4, -0.2) is 30.2 Å². The summed E-state index contributed by atoms with van der Waals surface area (Å²) < 4.78 is 50.9. The quantitative estimate of drug-likeness (QED) is 0.722. The zero-order valence-corrected chi connectivity index (χ0v) is 16.1. The molecule has 0 bridgehead atoms. The summed E-state index contributed by atoms with van der Waals surface area (Å²) in [6.45, 7) is 5.70. The monoisotopic (exact) mass is 383 g/mol. The van der Waals surface area contributed by atoms with Gasteiger partial charge in [0.1, 0.15) is 5.75 Å². The number of methoxy groups -OCH3 is 2. The van der Waals surface area contributed by atoms with Crippen molar-refractivity contribution < 1.29 is 22.6 Å². The highest BCUT2D eigenvalue weighted by Gasteiger charge is 2.35. The fourth-order valence-electron chi connectivity index (χ4n) is 2.77. The van der Waals surface area contributed by atoms with E-state index in [9.17, 15) is 13.2 Å². The molecule has 1 N–H and O–H groups in total. The van der Waals surface area contributed by atoms with E-state index in [4.69, 9.17) is 9.47 Å². The normalized spacial score (nSPS) is 11.6. The van der Waals surface area contributed by atoms with E-state index in [1.807, 2.05) is 13.8 Å². The first-order chi connectivity index (χ1) is 12.7. The highest BCUT2D eigenvalue weighted by Crippen LogP contribution is 2.40. The van der Waals surface area contributed by atoms with Crippen LogP contribution in [0.5, 0.6) is 11.6 Å². The van der Waals surface area contributed by atoms with E-state index in [2.05, 4.69) is 15.3 Å². The summed E-state index contributed by atoms with van der Waals surface area (Å²) in [7, 11) is 2.74. The van der Waals surface area contributed by atoms with Crippen molar-refractivity contribution in [3.8, 4) is 22.9 Å². The van der Waals surface area contributed by atoms with Crippen LogP contribution in [0.2, 0.25) is 0 Å². The van der Waals surface area contributed by atoms with Crippen LogP contribution in [0.1, 0.15) is 37.9 Å². The maximum atomic E-state index is 13.6. The Labute approximate surface area is 156 Å². The minimum Gasteiger partial charge on any atom is -0.497 e. The van der Waals surface area contributed by atoms with Crippen molar-refractivity contribution in [1.82, 2.24) is 9.97 Å². The highest BCUT2D eigenvalue weighted by molar-refractivity contribution is 5.69. The van der Waals surface area contributed by atoms with Gasteiger partial charge in [-0.25, -0.2) is 9.97 Å². The smallest absolute Gasteiger partial charge is 0.417 e. The van der Waals surface area contributed by atoms with E-state index in [0.717, 1.165) is 18.9 Å². The van der Waals surface area contributed by atoms with Crippen LogP contribution >= 0.6 is 0 Å². The van der Waals surface area contributed by atoms with Crippen LogP contribution in [0.25, 0.3) is 11.3 Å². The number of anilines is 1. The molecule has 1 aromatic heterocycles. The molecule has 1 aromatic carbocycles. The second kappa shape index (κ2) is 8.45. The molecule has 148 valence electrons. The molecular formula is C19H24F3N3O2. The number of ether oxygens (including phenoxy) is 2. The molecule has 2 rings (SSSR count). The Kier molecular flexibility index (Phi) is 6.51. The first-order valence-electron chi connectivity index (χ1n) is 8.69. The average molecular weight is 383 g/mol. The fourth-order valence-corrected chi connectivity index (χ4v) is 2.77. The highest BCUT2D eigenvalue weighted by atomic mass is 19.4. The Bertz CT molecular complexity index is 790. The topological polar surface area (TPSA) is 56.3 Å². The largest absolute Gasteiger partial charge is 0.497 e. The third-order valence-corrected chi connectivity index (χ3v) is 4.35. The number of nitrogens with one attached hydrogen (secondary N) is 1. The third-order valence-electron chi connectivity index (χ3n) is 4.35. The van der Waals surface area contributed by atoms with Crippen LogP contribution < -0.4 is 14.8 Å². The first kappa shape index (κ1) is 20.8. The molecule has 0 aliphatic heterocycles. The van der Waals surface area contributed by atoms with E-state index in [0.29, 0.717) is 11.5 Å². The molecule has 2 aromatic rings. The van der Waals surface area contributed by atoms with Gasteiger partial charge in [0.25, 0.3) is 5.88 Å². The molecular weight excluding hydrogens is 359 g/mol. The van der Waals surface area contributed by atoms with Gasteiger partial charge in [-0.1, -0.05) is 13.8 Å². The van der Waals surface area contributed by atoms with E-state index in [1.165, 1.54) is 26.4 Å². The van der Waals surface area contributed by atoms with Gasteiger partial charge in [-0.05, 0) is 38.0 Å². The van der Waals surface area contributed by atoms with Crippen molar-refractivity contribution in [2.45, 2.75) is 45.8 Å². The fraction of sp³-hybridized carbons (Fsp3) is 0.474. The van der Waals surface area contributed by atoms with E-state index < -0.39 is 11.7 Å². The summed E-state index contributed by atoms with van der Waals surface area (Å²) in [5, 5.41) is 3.24. The molecule has 0 spiro atoms. The van der Waals surface area contributed by atoms with Gasteiger partial charge in [-0.3, -0.25) is 0 Å². The number of alkyl halides is 3. The Balaban J connectivity index is 2.60. The maximum Gasteiger partial charge on any atom is 0.417 e. The minimum absolute atomic E-state index is 0.0688. The number of aryl methyl sites for hydroxylation is 1. The van der Waals surface area contributed by atoms with Crippen LogP contribution in [0.15, 0.2) is 18.2 Å². The van der Waals surface area contributed by atoms with E-state index >= 15 is 0 Å². The molecule has 0 radical (unpaired) electrons. The average Bonchev–Trinajstić information content (AvgIpc) is 2.65. The van der Waals surface area contributed by atoms with Gasteiger partial charge < -0.3 is 14.8 Å². The predicted molar refractivity (Wildman–Crippen MR) is 98.3 cm³/mol. The zero-order chi connectivity index (χ0) is 20.2. The molecule has 0 amide bonds. The Hall–Kier alpha value is -2.51. The second-order valence-corrected chi connectivity index (χ2v) is 6.08. The molecule has 27 heavy (non-hydrogen) atoms. The molecule has 0 aliphatic carbocycles. The lowest BCUT2D eigenvalue weighted by Gasteiger charge is -2.20. The number of nitrogens with zero attached hydrogens (tertiary/aromatic N) is 2. The van der Waals surface area contributed by atoms with Crippen LogP contribution in [0.3, 0.4) is 0 Å². The van der Waals surface area contributed by atoms with Crippen molar-refractivity contribution in [2.24, 2.45) is 0 Å². The van der Waals surface area contributed by atoms with Crippen LogP contribution in [0.4, 0.5) is 19.0 Å². The molecule has 0 atom stereocenters. The van der Waals surface area contributed by atoms with Crippen LogP contribution in [-0.2, 0) is 6.18 Å². The van der Waals surface area contributed by atoms with Gasteiger partial charge in [-0.15, -0.1) is 0 Å². The molecule has 0 aliphatic rings. The van der Waals surface area contributed by atoms with Crippen molar-refractivity contribution in [3.05, 3.63) is 29.5 Å². The SMILES string of the molecule is CCC(CC)Nc1nc(C)c(-c2ccc(OC)cc2C(F)(F)F)nc1OC. The van der Waals surface area contributed by atoms with E-state index in [1.54, 1.807) is 6.92 Å². The molecule has 0 fully saturated rings. The van der Waals surface area contributed by atoms with Crippen LogP contribution in [0, 0.1) is 6.92 Å². The maximum absolute atomic E-state index is 13.6. The number of benzene rings is 1. The van der Waals surface area contributed by atoms with Gasteiger partial charge in [0, 0.05) is 11.6 Å². The molecule has 0 unspecified atom stereocenters. The summed E-state index contributed by atoms with van der Waals surface area (Å²) in [4.78, 5) is 8.75. The Morgan fingerprint density at radius 2 is 1.74 bits per heavy atom. The number of hydrogen-bond acceptors (Lipinski definition) is 5. The van der Waals surface area contributed by atoms with Gasteiger partial charge in [0.15, 0.2) is 5.82 Å². The lowest BCUT2D eigenvalue weighted by Crippen LogP contribution is -2.19. The summed E-state index contributed by atoms with van der Waals surface area (Å²) in [6.07, 6.45) is -2.81. The number of aromatic nitrogens is 2. The van der Waals surface area contributed by atoms with Crippen molar-refractivity contribution in [3.63, 3.8) is 0 Å². The molecule has 0 saturated carbocycles. The zero-order valence-electron chi connectivity index (χ0n) is 16.1. The van der Waals surface area contributed by atoms with E-state index in [-0.39, 0.29) is 28.9 Å². The lowest BCUT2D eigenvalue weighted by molar-refractivity contribution is -0.137. The molecule has 1 heterocycles. The standard InChI is InChI=1S/C19H24F3N3O2/c1-6-12(7-2)24-17-18(27-5)25-16(11(3)23-17)14-9-8-13(26-4)10-15(14)19(20,21)22/h8-10,12H,6-7H2,1-5H3,(H,23,24). The summed E-state index contributed by atoms with van der Waals surface area (Å²) in [5.74, 6) is 0.705. The van der Waals surface area contributed by atoms with Gasteiger partial charge in [0.05, 0.1) is 31.2 Å². The number of hydrogen-bond donors (Lipinski definition) is 1.